The Kier molecular flexibility index (Phi) is 3.92. The van der Waals surface area contributed by atoms with Gasteiger partial charge in [0.25, 0.3) is 5.91 Å². The highest BCUT2D eigenvalue weighted by Gasteiger charge is 2.29. The van der Waals surface area contributed by atoms with Gasteiger partial charge in [0.1, 0.15) is 0 Å². The van der Waals surface area contributed by atoms with E-state index in [0.29, 0.717) is 30.9 Å². The molecule has 21 heavy (non-hydrogen) atoms. The summed E-state index contributed by atoms with van der Waals surface area (Å²) in [6.07, 6.45) is 2.01. The Hall–Kier alpha value is -1.88. The molecule has 1 aliphatic carbocycles. The van der Waals surface area contributed by atoms with E-state index in [9.17, 15) is 9.59 Å². The largest absolute Gasteiger partial charge is 0.375 e. The smallest absolute Gasteiger partial charge is 0.254 e. The molecule has 1 aromatic carbocycles. The first-order chi connectivity index (χ1) is 10.1. The van der Waals surface area contributed by atoms with Gasteiger partial charge in [0, 0.05) is 30.3 Å². The average molecular weight is 288 g/mol. The lowest BCUT2D eigenvalue weighted by atomic mass is 10.1. The predicted octanol–water partition coefficient (Wildman–Crippen LogP) is 1.90. The van der Waals surface area contributed by atoms with Gasteiger partial charge in [-0.15, -0.1) is 0 Å². The number of hydrogen-bond acceptors (Lipinski definition) is 3. The third-order valence-corrected chi connectivity index (χ3v) is 3.85. The fourth-order valence-electron chi connectivity index (χ4n) is 2.51. The van der Waals surface area contributed by atoms with Crippen LogP contribution in [-0.2, 0) is 9.53 Å². The van der Waals surface area contributed by atoms with Crippen molar-refractivity contribution in [1.29, 1.82) is 0 Å². The molecule has 5 heteroatoms. The van der Waals surface area contributed by atoms with Crippen molar-refractivity contribution in [2.45, 2.75) is 25.9 Å². The third kappa shape index (κ3) is 3.42. The van der Waals surface area contributed by atoms with Crippen LogP contribution in [0, 0.1) is 5.92 Å². The molecule has 0 aromatic heterocycles. The van der Waals surface area contributed by atoms with E-state index in [1.165, 1.54) is 0 Å². The van der Waals surface area contributed by atoms with Crippen LogP contribution < -0.4 is 5.32 Å². The van der Waals surface area contributed by atoms with Crippen molar-refractivity contribution in [3.63, 3.8) is 0 Å². The molecule has 1 heterocycles. The molecular weight excluding hydrogens is 268 g/mol. The molecule has 2 fully saturated rings. The molecule has 0 bridgehead atoms. The first kappa shape index (κ1) is 14.1. The highest BCUT2D eigenvalue weighted by molar-refractivity contribution is 5.98. The van der Waals surface area contributed by atoms with Gasteiger partial charge in [-0.1, -0.05) is 6.07 Å². The zero-order valence-corrected chi connectivity index (χ0v) is 12.2. The van der Waals surface area contributed by atoms with Gasteiger partial charge in [-0.2, -0.15) is 0 Å². The lowest BCUT2D eigenvalue weighted by Crippen LogP contribution is -2.44. The SMILES string of the molecule is CC1CN(C(=O)c2cccc(NC(=O)C3CC3)c2)CCO1. The average Bonchev–Trinajstić information content (AvgIpc) is 3.31. The summed E-state index contributed by atoms with van der Waals surface area (Å²) in [6, 6.07) is 7.16. The van der Waals surface area contributed by atoms with Gasteiger partial charge in [0.05, 0.1) is 12.7 Å². The Bertz CT molecular complexity index is 554. The summed E-state index contributed by atoms with van der Waals surface area (Å²) in [5.74, 6) is 0.205. The summed E-state index contributed by atoms with van der Waals surface area (Å²) in [6.45, 7) is 3.76. The number of nitrogens with one attached hydrogen (secondary N) is 1. The number of hydrogen-bond donors (Lipinski definition) is 1. The summed E-state index contributed by atoms with van der Waals surface area (Å²) in [5, 5.41) is 2.88. The van der Waals surface area contributed by atoms with Crippen LogP contribution >= 0.6 is 0 Å². The minimum absolute atomic E-state index is 0.00679. The van der Waals surface area contributed by atoms with E-state index in [-0.39, 0.29) is 23.8 Å². The molecule has 1 N–H and O–H groups in total. The van der Waals surface area contributed by atoms with E-state index >= 15 is 0 Å². The lowest BCUT2D eigenvalue weighted by Gasteiger charge is -2.31. The number of amides is 2. The number of ether oxygens (including phenoxy) is 1. The Balaban J connectivity index is 1.69. The van der Waals surface area contributed by atoms with Gasteiger partial charge in [-0.05, 0) is 38.0 Å². The highest BCUT2D eigenvalue weighted by Crippen LogP contribution is 2.30. The number of benzene rings is 1. The highest BCUT2D eigenvalue weighted by atomic mass is 16.5. The minimum Gasteiger partial charge on any atom is -0.375 e. The monoisotopic (exact) mass is 288 g/mol. The van der Waals surface area contributed by atoms with Crippen LogP contribution in [0.2, 0.25) is 0 Å². The van der Waals surface area contributed by atoms with Crippen LogP contribution in [0.1, 0.15) is 30.1 Å². The first-order valence-corrected chi connectivity index (χ1v) is 7.45. The molecule has 1 saturated carbocycles. The standard InChI is InChI=1S/C16H20N2O3/c1-11-10-18(7-8-21-11)16(20)13-3-2-4-14(9-13)17-15(19)12-5-6-12/h2-4,9,11-12H,5-8,10H2,1H3,(H,17,19). The topological polar surface area (TPSA) is 58.6 Å². The van der Waals surface area contributed by atoms with Crippen molar-refractivity contribution in [3.8, 4) is 0 Å². The van der Waals surface area contributed by atoms with Crippen LogP contribution in [0.4, 0.5) is 5.69 Å². The van der Waals surface area contributed by atoms with Gasteiger partial charge in [-0.25, -0.2) is 0 Å². The van der Waals surface area contributed by atoms with Crippen molar-refractivity contribution < 1.29 is 14.3 Å². The van der Waals surface area contributed by atoms with E-state index < -0.39 is 0 Å². The maximum Gasteiger partial charge on any atom is 0.254 e. The number of carbonyl (C=O) groups is 2. The van der Waals surface area contributed by atoms with Gasteiger partial charge >= 0.3 is 0 Å². The number of anilines is 1. The van der Waals surface area contributed by atoms with Crippen molar-refractivity contribution in [1.82, 2.24) is 4.90 Å². The van der Waals surface area contributed by atoms with Crippen LogP contribution in [0.5, 0.6) is 0 Å². The summed E-state index contributed by atoms with van der Waals surface area (Å²) < 4.78 is 5.45. The quantitative estimate of drug-likeness (QED) is 0.924. The fourth-order valence-corrected chi connectivity index (χ4v) is 2.51. The van der Waals surface area contributed by atoms with Crippen LogP contribution in [-0.4, -0.2) is 42.5 Å². The minimum atomic E-state index is -0.00679. The second kappa shape index (κ2) is 5.85. The van der Waals surface area contributed by atoms with E-state index in [2.05, 4.69) is 5.32 Å². The first-order valence-electron chi connectivity index (χ1n) is 7.45. The Labute approximate surface area is 124 Å². The van der Waals surface area contributed by atoms with Crippen molar-refractivity contribution in [3.05, 3.63) is 29.8 Å². The number of carbonyl (C=O) groups excluding carboxylic acids is 2. The number of nitrogens with zero attached hydrogens (tertiary/aromatic N) is 1. The zero-order chi connectivity index (χ0) is 14.8. The Morgan fingerprint density at radius 2 is 2.14 bits per heavy atom. The van der Waals surface area contributed by atoms with E-state index in [4.69, 9.17) is 4.74 Å². The van der Waals surface area contributed by atoms with Crippen molar-refractivity contribution in [2.24, 2.45) is 5.92 Å². The molecule has 1 saturated heterocycles. The van der Waals surface area contributed by atoms with Crippen molar-refractivity contribution in [2.75, 3.05) is 25.0 Å². The normalized spacial score (nSPS) is 22.0. The van der Waals surface area contributed by atoms with Gasteiger partial charge in [0.15, 0.2) is 0 Å². The maximum atomic E-state index is 12.5. The number of rotatable bonds is 3. The molecule has 0 radical (unpaired) electrons. The Morgan fingerprint density at radius 1 is 1.33 bits per heavy atom. The fraction of sp³-hybridized carbons (Fsp3) is 0.500. The summed E-state index contributed by atoms with van der Waals surface area (Å²) in [5.41, 5.74) is 1.30. The molecule has 3 rings (SSSR count). The van der Waals surface area contributed by atoms with Crippen molar-refractivity contribution >= 4 is 17.5 Å². The molecule has 2 amide bonds. The predicted molar refractivity (Wildman–Crippen MR) is 79.1 cm³/mol. The third-order valence-electron chi connectivity index (χ3n) is 3.85. The number of morpholine rings is 1. The lowest BCUT2D eigenvalue weighted by molar-refractivity contribution is -0.117. The van der Waals surface area contributed by atoms with Gasteiger partial charge < -0.3 is 15.0 Å². The molecule has 112 valence electrons. The van der Waals surface area contributed by atoms with Crippen LogP contribution in [0.15, 0.2) is 24.3 Å². The summed E-state index contributed by atoms with van der Waals surface area (Å²) in [4.78, 5) is 26.1. The molecule has 5 nitrogen and oxygen atoms in total. The second-order valence-electron chi connectivity index (χ2n) is 5.78. The maximum absolute atomic E-state index is 12.5. The van der Waals surface area contributed by atoms with Crippen LogP contribution in [0.25, 0.3) is 0 Å². The van der Waals surface area contributed by atoms with E-state index in [1.54, 1.807) is 23.1 Å². The molecular formula is C16H20N2O3. The summed E-state index contributed by atoms with van der Waals surface area (Å²) >= 11 is 0. The molecule has 1 aromatic rings. The molecule has 1 aliphatic heterocycles. The molecule has 1 unspecified atom stereocenters. The van der Waals surface area contributed by atoms with Gasteiger partial charge in [-0.3, -0.25) is 9.59 Å². The van der Waals surface area contributed by atoms with E-state index in [0.717, 1.165) is 12.8 Å². The Morgan fingerprint density at radius 3 is 2.86 bits per heavy atom. The molecule has 1 atom stereocenters. The molecule has 2 aliphatic rings. The zero-order valence-electron chi connectivity index (χ0n) is 12.2. The molecule has 0 spiro atoms. The van der Waals surface area contributed by atoms with Crippen LogP contribution in [0.3, 0.4) is 0 Å². The summed E-state index contributed by atoms with van der Waals surface area (Å²) in [7, 11) is 0. The van der Waals surface area contributed by atoms with E-state index in [1.807, 2.05) is 13.0 Å². The second-order valence-corrected chi connectivity index (χ2v) is 5.78. The van der Waals surface area contributed by atoms with Gasteiger partial charge in [0.2, 0.25) is 5.91 Å².